The number of nitrogens with one attached hydrogen (secondary N) is 1. The molecule has 2 nitrogen and oxygen atoms in total. The highest BCUT2D eigenvalue weighted by Crippen LogP contribution is 2.35. The molecule has 0 amide bonds. The van der Waals surface area contributed by atoms with Crippen LogP contribution in [0.25, 0.3) is 32.4 Å². The lowest BCUT2D eigenvalue weighted by Gasteiger charge is -2.27. The van der Waals surface area contributed by atoms with E-state index in [4.69, 9.17) is 5.11 Å². The molecule has 0 fully saturated rings. The Morgan fingerprint density at radius 2 is 0.693 bits per heavy atom. The molecule has 542 valence electrons. The van der Waals surface area contributed by atoms with E-state index in [2.05, 4.69) is 415 Å². The first-order valence-corrected chi connectivity index (χ1v) is 37.4. The molecule has 0 radical (unpaired) electrons. The third kappa shape index (κ3) is 37.0. The summed E-state index contributed by atoms with van der Waals surface area (Å²) in [5.74, 6) is 0.964. The third-order valence-electron chi connectivity index (χ3n) is 17.0. The Morgan fingerprint density at radius 3 is 1.17 bits per heavy atom. The van der Waals surface area contributed by atoms with E-state index in [-0.39, 0.29) is 0 Å². The largest absolute Gasteiger partial charge is 0.508 e. The van der Waals surface area contributed by atoms with E-state index in [9.17, 15) is 0 Å². The number of aromatic nitrogens is 1. The van der Waals surface area contributed by atoms with Gasteiger partial charge in [-0.1, -0.05) is 410 Å². The van der Waals surface area contributed by atoms with Crippen LogP contribution < -0.4 is 0 Å². The predicted octanol–water partition coefficient (Wildman–Crippen LogP) is 29.4. The van der Waals surface area contributed by atoms with Gasteiger partial charge in [-0.05, 0) is 178 Å². The zero-order valence-electron chi connectivity index (χ0n) is 67.8. The number of phenols is 1. The number of aromatic hydroxyl groups is 1. The molecule has 0 spiro atoms. The summed E-state index contributed by atoms with van der Waals surface area (Å²) in [5, 5.41) is 15.8. The van der Waals surface area contributed by atoms with Crippen molar-refractivity contribution in [2.75, 3.05) is 0 Å². The van der Waals surface area contributed by atoms with Gasteiger partial charge in [0, 0.05) is 17.1 Å². The maximum atomic E-state index is 9.05. The van der Waals surface area contributed by atoms with Crippen LogP contribution in [0.4, 0.5) is 0 Å². The minimum atomic E-state index is 0.293. The number of aryl methyl sites for hydroxylation is 1. The van der Waals surface area contributed by atoms with Crippen LogP contribution in [0.15, 0.2) is 261 Å². The van der Waals surface area contributed by atoms with Gasteiger partial charge in [0.05, 0.1) is 0 Å². The molecule has 0 aliphatic carbocycles. The zero-order chi connectivity index (χ0) is 75.3. The molecule has 0 saturated heterocycles. The van der Waals surface area contributed by atoms with E-state index in [0.29, 0.717) is 55.0 Å². The van der Waals surface area contributed by atoms with Crippen molar-refractivity contribution in [3.8, 4) is 5.75 Å². The van der Waals surface area contributed by atoms with Gasteiger partial charge < -0.3 is 10.1 Å². The van der Waals surface area contributed by atoms with Crippen molar-refractivity contribution in [2.45, 2.75) is 229 Å². The second kappa shape index (κ2) is 39.5. The van der Waals surface area contributed by atoms with Crippen LogP contribution in [-0.2, 0) is 43.9 Å². The van der Waals surface area contributed by atoms with Crippen molar-refractivity contribution in [3.05, 3.63) is 305 Å². The predicted molar refractivity (Wildman–Crippen MR) is 450 cm³/mol. The molecular weight excluding hydrogens is 1220 g/mol. The van der Waals surface area contributed by atoms with Crippen LogP contribution in [0.2, 0.25) is 0 Å². The lowest BCUT2D eigenvalue weighted by Crippen LogP contribution is -2.14. The third-order valence-corrected chi connectivity index (χ3v) is 17.0. The van der Waals surface area contributed by atoms with Crippen LogP contribution >= 0.6 is 0 Å². The number of fused-ring (bicyclic) bond motifs is 3. The quantitative estimate of drug-likeness (QED) is 0.156. The van der Waals surface area contributed by atoms with E-state index in [1.807, 2.05) is 12.1 Å². The lowest BCUT2D eigenvalue weighted by molar-refractivity contribution is 0.339. The molecule has 2 N–H and O–H groups in total. The Labute approximate surface area is 617 Å². The van der Waals surface area contributed by atoms with Gasteiger partial charge in [0.1, 0.15) is 5.75 Å². The molecule has 0 aliphatic heterocycles. The second-order valence-electron chi connectivity index (χ2n) is 37.2. The maximum absolute atomic E-state index is 9.05. The normalized spacial score (nSPS) is 12.1. The van der Waals surface area contributed by atoms with Gasteiger partial charge >= 0.3 is 0 Å². The highest BCUT2D eigenvalue weighted by molar-refractivity contribution is 5.86. The minimum absolute atomic E-state index is 0.293. The average molecular weight is 1360 g/mol. The first-order chi connectivity index (χ1) is 46.9. The fourth-order valence-corrected chi connectivity index (χ4v) is 11.6. The first-order valence-electron chi connectivity index (χ1n) is 37.4. The standard InChI is InChI=1S/2C15H18.C13H17N.2C12H18.C11H16O.C11H16.C10H14/c1-15(2,3)11-13-9-6-8-12-7-4-5-10-14(12)13;1-15(2,3)11-12-8-9-13-6-4-5-7-14(13)10-12;1-13(2,3)8-10-9-14-12-7-5-4-6-11(10)12;1-10(12(2,3)4)11-8-6-5-7-9-11;1-12(2,3)10-9-11-7-5-4-6-8-11;1-11(2,3)8-9-4-6-10(12)7-5-9;1-11(2,3)9-10-7-5-4-6-8-10;1-10(2,3)9-7-5-4-6-8-9/h2*4-10H,11H2,1-3H3;4-7,9,14H,8H2,1-3H3;5-10H,1-4H3;4-8H,9-10H2,1-3H3;4-7,12H,8H2,1-3H3;4-8H,9H2,1-3H3;4-8H,1-3H3. The topological polar surface area (TPSA) is 36.0 Å². The van der Waals surface area contributed by atoms with E-state index in [0.717, 1.165) is 32.1 Å². The Bertz CT molecular complexity index is 4010. The molecule has 10 aromatic carbocycles. The van der Waals surface area contributed by atoms with Crippen LogP contribution in [0, 0.1) is 37.9 Å². The maximum Gasteiger partial charge on any atom is 0.115 e. The van der Waals surface area contributed by atoms with Crippen molar-refractivity contribution in [3.63, 3.8) is 0 Å². The van der Waals surface area contributed by atoms with E-state index < -0.39 is 0 Å². The van der Waals surface area contributed by atoms with Crippen LogP contribution in [-0.4, -0.2) is 10.1 Å². The summed E-state index contributed by atoms with van der Waals surface area (Å²) in [7, 11) is 0. The van der Waals surface area contributed by atoms with Gasteiger partial charge in [0.15, 0.2) is 0 Å². The summed E-state index contributed by atoms with van der Waals surface area (Å²) in [6.07, 6.45) is 10.2. The smallest absolute Gasteiger partial charge is 0.115 e. The van der Waals surface area contributed by atoms with Gasteiger partial charge in [-0.3, -0.25) is 0 Å². The van der Waals surface area contributed by atoms with Gasteiger partial charge in [-0.25, -0.2) is 0 Å². The summed E-state index contributed by atoms with van der Waals surface area (Å²) < 4.78 is 0. The molecule has 1 unspecified atom stereocenters. The highest BCUT2D eigenvalue weighted by atomic mass is 16.3. The summed E-state index contributed by atoms with van der Waals surface area (Å²) in [6, 6.07) is 89.0. The van der Waals surface area contributed by atoms with Crippen LogP contribution in [0.3, 0.4) is 0 Å². The number of benzene rings is 10. The monoisotopic (exact) mass is 1350 g/mol. The molecule has 101 heavy (non-hydrogen) atoms. The molecule has 0 saturated carbocycles. The molecule has 1 heterocycles. The van der Waals surface area contributed by atoms with Crippen LogP contribution in [0.1, 0.15) is 230 Å². The lowest BCUT2D eigenvalue weighted by atomic mass is 9.78. The van der Waals surface area contributed by atoms with Gasteiger partial charge in [0.2, 0.25) is 0 Å². The molecule has 11 rings (SSSR count). The Morgan fingerprint density at radius 1 is 0.307 bits per heavy atom. The van der Waals surface area contributed by atoms with E-state index in [1.165, 1.54) is 89.8 Å². The van der Waals surface area contributed by atoms with Crippen molar-refractivity contribution in [1.82, 2.24) is 4.98 Å². The number of H-pyrrole nitrogens is 1. The summed E-state index contributed by atoms with van der Waals surface area (Å²) >= 11 is 0. The van der Waals surface area contributed by atoms with Crippen molar-refractivity contribution in [1.29, 1.82) is 0 Å². The zero-order valence-corrected chi connectivity index (χ0v) is 67.8. The van der Waals surface area contributed by atoms with Crippen molar-refractivity contribution in [2.24, 2.45) is 37.9 Å². The first kappa shape index (κ1) is 85.5. The average Bonchev–Trinajstić information content (AvgIpc) is 1.81. The number of para-hydroxylation sites is 1. The van der Waals surface area contributed by atoms with Crippen molar-refractivity contribution < 1.29 is 5.11 Å². The Balaban J connectivity index is 0.000000246. The number of aromatic amines is 1. The summed E-state index contributed by atoms with van der Waals surface area (Å²) in [6.45, 7) is 56.6. The number of phenolic OH excluding ortho intramolecular Hbond substituents is 1. The fourth-order valence-electron chi connectivity index (χ4n) is 11.6. The Kier molecular flexibility index (Phi) is 33.4. The molecule has 1 aromatic heterocycles. The minimum Gasteiger partial charge on any atom is -0.508 e. The van der Waals surface area contributed by atoms with E-state index in [1.54, 1.807) is 12.1 Å². The highest BCUT2D eigenvalue weighted by Gasteiger charge is 2.21. The number of rotatable bonds is 8. The second-order valence-corrected chi connectivity index (χ2v) is 37.2. The molecule has 0 aliphatic rings. The fraction of sp³-hybridized carbons (Fsp3) is 0.414. The Hall–Kier alpha value is -7.94. The number of hydrogen-bond acceptors (Lipinski definition) is 1. The molecule has 11 aromatic rings. The summed E-state index contributed by atoms with van der Waals surface area (Å²) in [4.78, 5) is 3.31. The van der Waals surface area contributed by atoms with Crippen molar-refractivity contribution >= 4 is 32.4 Å². The van der Waals surface area contributed by atoms with E-state index >= 15 is 0 Å². The van der Waals surface area contributed by atoms with Crippen LogP contribution in [0.5, 0.6) is 5.75 Å². The molecule has 1 atom stereocenters. The summed E-state index contributed by atoms with van der Waals surface area (Å²) in [5.41, 5.74) is 15.4. The molecule has 2 heteroatoms. The van der Waals surface area contributed by atoms with Gasteiger partial charge in [-0.15, -0.1) is 0 Å². The molecule has 0 bridgehead atoms. The SMILES string of the molecule is CC(C)(C)CCc1ccccc1.CC(C)(C)Cc1c[nH]c2ccccc12.CC(C)(C)Cc1ccc(O)cc1.CC(C)(C)Cc1ccc2ccccc2c1.CC(C)(C)Cc1cccc2ccccc12.CC(C)(C)Cc1ccccc1.CC(C)(C)c1ccccc1.CC(c1ccccc1)C(C)(C)C. The van der Waals surface area contributed by atoms with Gasteiger partial charge in [0.25, 0.3) is 0 Å². The number of hydrogen-bond donors (Lipinski definition) is 2. The van der Waals surface area contributed by atoms with Gasteiger partial charge in [-0.2, -0.15) is 0 Å². The molecular formula is C99H135NO.